The van der Waals surface area contributed by atoms with Gasteiger partial charge in [-0.1, -0.05) is 6.07 Å². The molecule has 0 aliphatic heterocycles. The summed E-state index contributed by atoms with van der Waals surface area (Å²) in [6.45, 7) is -0.0172. The zero-order valence-electron chi connectivity index (χ0n) is 7.84. The number of pyridine rings is 1. The van der Waals surface area contributed by atoms with Crippen molar-refractivity contribution >= 4 is 11.9 Å². The topological polar surface area (TPSA) is 102 Å². The van der Waals surface area contributed by atoms with Crippen LogP contribution >= 0.6 is 0 Å². The van der Waals surface area contributed by atoms with Gasteiger partial charge in [0.05, 0.1) is 0 Å². The van der Waals surface area contributed by atoms with Gasteiger partial charge in [-0.3, -0.25) is 9.59 Å². The molecule has 0 saturated heterocycles. The summed E-state index contributed by atoms with van der Waals surface area (Å²) in [7, 11) is 0. The Kier molecular flexibility index (Phi) is 3.22. The number of nitrogens with zero attached hydrogens (tertiary/aromatic N) is 1. The largest absolute Gasteiger partial charge is 0.477 e. The zero-order valence-corrected chi connectivity index (χ0v) is 7.84. The van der Waals surface area contributed by atoms with Crippen molar-refractivity contribution in [1.82, 2.24) is 4.57 Å². The smallest absolute Gasteiger partial charge is 0.352 e. The molecule has 0 unspecified atom stereocenters. The normalized spacial score (nSPS) is 9.87. The van der Waals surface area contributed by atoms with Crippen molar-refractivity contribution in [2.45, 2.75) is 13.0 Å². The monoisotopic (exact) mass is 210 g/mol. The van der Waals surface area contributed by atoms with Gasteiger partial charge in [0, 0.05) is 19.0 Å². The molecule has 0 radical (unpaired) electrons. The fourth-order valence-corrected chi connectivity index (χ4v) is 1.16. The second-order valence-corrected chi connectivity index (χ2v) is 2.92. The average Bonchev–Trinajstić information content (AvgIpc) is 2.15. The number of carboxylic acids is 1. The number of carbonyl (C=O) groups excluding carboxylic acids is 1. The molecule has 0 fully saturated rings. The molecular formula is C9H10N2O4. The van der Waals surface area contributed by atoms with E-state index in [0.29, 0.717) is 0 Å². The van der Waals surface area contributed by atoms with Crippen LogP contribution in [0.2, 0.25) is 0 Å². The summed E-state index contributed by atoms with van der Waals surface area (Å²) < 4.78 is 1.01. The molecule has 80 valence electrons. The molecule has 1 aromatic rings. The summed E-state index contributed by atoms with van der Waals surface area (Å²) in [6.07, 6.45) is -0.0653. The first-order valence-electron chi connectivity index (χ1n) is 4.24. The summed E-state index contributed by atoms with van der Waals surface area (Å²) in [6, 6.07) is 3.88. The van der Waals surface area contributed by atoms with Crippen molar-refractivity contribution in [2.24, 2.45) is 5.73 Å². The van der Waals surface area contributed by atoms with Crippen molar-refractivity contribution in [2.75, 3.05) is 0 Å². The van der Waals surface area contributed by atoms with Crippen LogP contribution in [0.4, 0.5) is 0 Å². The van der Waals surface area contributed by atoms with E-state index in [-0.39, 0.29) is 18.7 Å². The van der Waals surface area contributed by atoms with Gasteiger partial charge in [-0.25, -0.2) is 4.79 Å². The van der Waals surface area contributed by atoms with E-state index < -0.39 is 17.4 Å². The first-order valence-corrected chi connectivity index (χ1v) is 4.24. The molecule has 6 nitrogen and oxygen atoms in total. The molecule has 0 aromatic carbocycles. The van der Waals surface area contributed by atoms with Crippen LogP contribution in [0.5, 0.6) is 0 Å². The van der Waals surface area contributed by atoms with Crippen LogP contribution < -0.4 is 11.3 Å². The Morgan fingerprint density at radius 1 is 1.40 bits per heavy atom. The fourth-order valence-electron chi connectivity index (χ4n) is 1.16. The summed E-state index contributed by atoms with van der Waals surface area (Å²) in [5.41, 5.74) is 4.30. The van der Waals surface area contributed by atoms with Crippen LogP contribution in [0.15, 0.2) is 23.0 Å². The molecule has 1 rings (SSSR count). The Balaban J connectivity index is 3.08. The summed E-state index contributed by atoms with van der Waals surface area (Å²) in [4.78, 5) is 32.6. The molecule has 0 saturated carbocycles. The predicted molar refractivity (Wildman–Crippen MR) is 51.5 cm³/mol. The number of rotatable bonds is 4. The van der Waals surface area contributed by atoms with E-state index in [1.165, 1.54) is 18.2 Å². The van der Waals surface area contributed by atoms with Crippen LogP contribution in [0.25, 0.3) is 0 Å². The van der Waals surface area contributed by atoms with Crippen molar-refractivity contribution < 1.29 is 14.7 Å². The maximum atomic E-state index is 11.3. The molecule has 0 aliphatic rings. The van der Waals surface area contributed by atoms with Gasteiger partial charge < -0.3 is 15.4 Å². The standard InChI is InChI=1S/C9H10N2O4/c10-7(12)4-5-11-6(9(14)15)2-1-3-8(11)13/h1-3H,4-5H2,(H2,10,12)(H,14,15). The van der Waals surface area contributed by atoms with Crippen molar-refractivity contribution in [3.05, 3.63) is 34.2 Å². The molecule has 1 heterocycles. The number of nitrogens with two attached hydrogens (primary N) is 1. The molecule has 1 aromatic heterocycles. The van der Waals surface area contributed by atoms with Crippen LogP contribution in [-0.4, -0.2) is 21.6 Å². The third-order valence-electron chi connectivity index (χ3n) is 1.85. The van der Waals surface area contributed by atoms with Gasteiger partial charge in [-0.05, 0) is 6.07 Å². The molecule has 6 heteroatoms. The molecule has 15 heavy (non-hydrogen) atoms. The number of hydrogen-bond acceptors (Lipinski definition) is 3. The lowest BCUT2D eigenvalue weighted by atomic mass is 10.3. The Morgan fingerprint density at radius 3 is 2.60 bits per heavy atom. The van der Waals surface area contributed by atoms with Crippen LogP contribution in [0.1, 0.15) is 16.9 Å². The molecule has 1 amide bonds. The van der Waals surface area contributed by atoms with E-state index in [4.69, 9.17) is 10.8 Å². The van der Waals surface area contributed by atoms with E-state index in [2.05, 4.69) is 0 Å². The fraction of sp³-hybridized carbons (Fsp3) is 0.222. The van der Waals surface area contributed by atoms with Gasteiger partial charge in [-0.15, -0.1) is 0 Å². The van der Waals surface area contributed by atoms with E-state index in [1.807, 2.05) is 0 Å². The Hall–Kier alpha value is -2.11. The zero-order chi connectivity index (χ0) is 11.4. The van der Waals surface area contributed by atoms with Crippen molar-refractivity contribution in [1.29, 1.82) is 0 Å². The number of primary amides is 1. The van der Waals surface area contributed by atoms with Gasteiger partial charge in [0.2, 0.25) is 5.91 Å². The summed E-state index contributed by atoms with van der Waals surface area (Å²) in [5, 5.41) is 8.78. The van der Waals surface area contributed by atoms with Gasteiger partial charge in [0.1, 0.15) is 5.69 Å². The Morgan fingerprint density at radius 2 is 2.07 bits per heavy atom. The minimum Gasteiger partial charge on any atom is -0.477 e. The van der Waals surface area contributed by atoms with E-state index in [0.717, 1.165) is 4.57 Å². The van der Waals surface area contributed by atoms with E-state index in [9.17, 15) is 14.4 Å². The van der Waals surface area contributed by atoms with Crippen molar-refractivity contribution in [3.8, 4) is 0 Å². The molecule has 0 bridgehead atoms. The van der Waals surface area contributed by atoms with Crippen LogP contribution in [0, 0.1) is 0 Å². The second-order valence-electron chi connectivity index (χ2n) is 2.92. The first-order chi connectivity index (χ1) is 7.02. The quantitative estimate of drug-likeness (QED) is 0.694. The minimum absolute atomic E-state index is 0.0172. The second kappa shape index (κ2) is 4.41. The van der Waals surface area contributed by atoms with Crippen molar-refractivity contribution in [3.63, 3.8) is 0 Å². The average molecular weight is 210 g/mol. The molecule has 0 atom stereocenters. The van der Waals surface area contributed by atoms with Crippen LogP contribution in [0.3, 0.4) is 0 Å². The highest BCUT2D eigenvalue weighted by Gasteiger charge is 2.10. The number of carboxylic acid groups (broad SMARTS) is 1. The lowest BCUT2D eigenvalue weighted by molar-refractivity contribution is -0.118. The summed E-state index contributed by atoms with van der Waals surface area (Å²) in [5.74, 6) is -1.79. The number of aromatic carboxylic acids is 1. The molecule has 0 spiro atoms. The first kappa shape index (κ1) is 11.0. The maximum Gasteiger partial charge on any atom is 0.352 e. The third kappa shape index (κ3) is 2.67. The molecular weight excluding hydrogens is 200 g/mol. The summed E-state index contributed by atoms with van der Waals surface area (Å²) >= 11 is 0. The number of hydrogen-bond donors (Lipinski definition) is 2. The number of amides is 1. The van der Waals surface area contributed by atoms with Gasteiger partial charge in [-0.2, -0.15) is 0 Å². The van der Waals surface area contributed by atoms with E-state index in [1.54, 1.807) is 0 Å². The molecule has 0 aliphatic carbocycles. The van der Waals surface area contributed by atoms with Crippen LogP contribution in [-0.2, 0) is 11.3 Å². The van der Waals surface area contributed by atoms with Gasteiger partial charge in [0.15, 0.2) is 0 Å². The molecule has 3 N–H and O–H groups in total. The minimum atomic E-state index is -1.21. The number of carbonyl (C=O) groups is 2. The van der Waals surface area contributed by atoms with E-state index >= 15 is 0 Å². The lowest BCUT2D eigenvalue weighted by Crippen LogP contribution is -2.27. The van der Waals surface area contributed by atoms with Gasteiger partial charge in [0.25, 0.3) is 5.56 Å². The lowest BCUT2D eigenvalue weighted by Gasteiger charge is -2.07. The SMILES string of the molecule is NC(=O)CCn1c(C(=O)O)cccc1=O. The van der Waals surface area contributed by atoms with Gasteiger partial charge >= 0.3 is 5.97 Å². The highest BCUT2D eigenvalue weighted by Crippen LogP contribution is 1.97. The highest BCUT2D eigenvalue weighted by molar-refractivity contribution is 5.85. The Labute approximate surface area is 84.9 Å². The maximum absolute atomic E-state index is 11.3. The third-order valence-corrected chi connectivity index (χ3v) is 1.85. The highest BCUT2D eigenvalue weighted by atomic mass is 16.4. The number of aromatic nitrogens is 1. The predicted octanol–water partition coefficient (Wildman–Crippen LogP) is -0.578. The Bertz CT molecular complexity index is 450.